The van der Waals surface area contributed by atoms with Crippen molar-refractivity contribution in [2.24, 2.45) is 16.7 Å². The van der Waals surface area contributed by atoms with E-state index in [0.717, 1.165) is 12.8 Å². The van der Waals surface area contributed by atoms with E-state index in [-0.39, 0.29) is 22.8 Å². The molecule has 116 valence electrons. The summed E-state index contributed by atoms with van der Waals surface area (Å²) >= 11 is 0. The maximum absolute atomic E-state index is 12.3. The Hall–Kier alpha value is -1.62. The number of carbonyl (C=O) groups is 1. The Balaban J connectivity index is 2.04. The van der Waals surface area contributed by atoms with E-state index in [2.05, 4.69) is 43.4 Å². The number of nitrogens with zero attached hydrogens (tertiary/aromatic N) is 1. The summed E-state index contributed by atoms with van der Waals surface area (Å²) < 4.78 is 0. The zero-order chi connectivity index (χ0) is 15.7. The molecule has 1 aliphatic carbocycles. The number of aromatic nitrogens is 1. The molecule has 1 aromatic heterocycles. The number of carbonyl (C=O) groups excluding carboxylic acids is 1. The van der Waals surface area contributed by atoms with Crippen LogP contribution < -0.4 is 16.6 Å². The van der Waals surface area contributed by atoms with Gasteiger partial charge in [-0.3, -0.25) is 10.6 Å². The highest BCUT2D eigenvalue weighted by Crippen LogP contribution is 2.45. The van der Waals surface area contributed by atoms with Gasteiger partial charge < -0.3 is 10.7 Å². The molecule has 0 aliphatic heterocycles. The average molecular weight is 290 g/mol. The lowest BCUT2D eigenvalue weighted by Gasteiger charge is -2.45. The van der Waals surface area contributed by atoms with Gasteiger partial charge in [0.15, 0.2) is 0 Å². The van der Waals surface area contributed by atoms with Crippen molar-refractivity contribution < 1.29 is 4.79 Å². The second-order valence-electron chi connectivity index (χ2n) is 7.66. The maximum Gasteiger partial charge on any atom is 0.270 e. The minimum absolute atomic E-state index is 0.114. The molecule has 4 N–H and O–H groups in total. The summed E-state index contributed by atoms with van der Waals surface area (Å²) in [6.07, 6.45) is 4.75. The van der Waals surface area contributed by atoms with Gasteiger partial charge in [0.05, 0.1) is 11.9 Å². The number of hydrazine groups is 1. The van der Waals surface area contributed by atoms with E-state index in [1.165, 1.54) is 6.42 Å². The van der Waals surface area contributed by atoms with E-state index in [9.17, 15) is 4.79 Å². The minimum Gasteiger partial charge on any atom is -0.348 e. The van der Waals surface area contributed by atoms with Crippen molar-refractivity contribution in [3.63, 3.8) is 0 Å². The Bertz CT molecular complexity index is 492. The molecule has 2 rings (SSSR count). The highest BCUT2D eigenvalue weighted by Gasteiger charge is 2.38. The molecule has 5 heteroatoms. The molecule has 21 heavy (non-hydrogen) atoms. The van der Waals surface area contributed by atoms with Gasteiger partial charge in [-0.1, -0.05) is 27.7 Å². The van der Waals surface area contributed by atoms with Gasteiger partial charge in [0, 0.05) is 6.04 Å². The predicted octanol–water partition coefficient (Wildman–Crippen LogP) is 2.70. The van der Waals surface area contributed by atoms with Crippen molar-refractivity contribution in [2.75, 3.05) is 5.43 Å². The van der Waals surface area contributed by atoms with Crippen LogP contribution in [0.4, 0.5) is 5.69 Å². The first kappa shape index (κ1) is 15.8. The lowest BCUT2D eigenvalue weighted by Crippen LogP contribution is -2.46. The molecule has 1 saturated carbocycles. The summed E-state index contributed by atoms with van der Waals surface area (Å²) in [5, 5.41) is 3.13. The Kier molecular flexibility index (Phi) is 4.23. The van der Waals surface area contributed by atoms with E-state index < -0.39 is 0 Å². The average Bonchev–Trinajstić information content (AvgIpc) is 2.35. The Morgan fingerprint density at radius 3 is 2.33 bits per heavy atom. The molecule has 0 unspecified atom stereocenters. The first-order chi connectivity index (χ1) is 9.71. The van der Waals surface area contributed by atoms with Crippen LogP contribution in [0.15, 0.2) is 18.3 Å². The predicted molar refractivity (Wildman–Crippen MR) is 84.7 cm³/mol. The SMILES string of the molecule is CC1(C)CC(NC(=O)c2ccc(NN)cn2)CC(C)(C)C1. The monoisotopic (exact) mass is 290 g/mol. The number of hydrogen-bond donors (Lipinski definition) is 3. The lowest BCUT2D eigenvalue weighted by atomic mass is 9.63. The second kappa shape index (κ2) is 5.64. The molecule has 1 aromatic rings. The smallest absolute Gasteiger partial charge is 0.270 e. The van der Waals surface area contributed by atoms with Crippen LogP contribution in [0.5, 0.6) is 0 Å². The summed E-state index contributed by atoms with van der Waals surface area (Å²) in [5.41, 5.74) is 4.12. The van der Waals surface area contributed by atoms with Crippen LogP contribution in [0.25, 0.3) is 0 Å². The highest BCUT2D eigenvalue weighted by atomic mass is 16.1. The van der Waals surface area contributed by atoms with Gasteiger partial charge in [-0.25, -0.2) is 4.98 Å². The molecule has 0 radical (unpaired) electrons. The van der Waals surface area contributed by atoms with Gasteiger partial charge in [-0.15, -0.1) is 0 Å². The van der Waals surface area contributed by atoms with E-state index in [1.54, 1.807) is 18.3 Å². The van der Waals surface area contributed by atoms with Crippen molar-refractivity contribution in [3.05, 3.63) is 24.0 Å². The quantitative estimate of drug-likeness (QED) is 0.590. The maximum atomic E-state index is 12.3. The topological polar surface area (TPSA) is 80.0 Å². The van der Waals surface area contributed by atoms with Crippen molar-refractivity contribution in [2.45, 2.75) is 53.0 Å². The summed E-state index contributed by atoms with van der Waals surface area (Å²) in [7, 11) is 0. The van der Waals surface area contributed by atoms with Gasteiger partial charge >= 0.3 is 0 Å². The van der Waals surface area contributed by atoms with Crippen molar-refractivity contribution in [3.8, 4) is 0 Å². The largest absolute Gasteiger partial charge is 0.348 e. The fourth-order valence-electron chi connectivity index (χ4n) is 3.82. The number of nitrogen functional groups attached to an aromatic ring is 1. The molecule has 0 bridgehead atoms. The van der Waals surface area contributed by atoms with Crippen LogP contribution in [0.1, 0.15) is 57.4 Å². The molecule has 0 spiro atoms. The molecule has 1 amide bonds. The molecule has 0 aromatic carbocycles. The minimum atomic E-state index is -0.114. The van der Waals surface area contributed by atoms with E-state index >= 15 is 0 Å². The zero-order valence-corrected chi connectivity index (χ0v) is 13.4. The van der Waals surface area contributed by atoms with Crippen LogP contribution in [-0.2, 0) is 0 Å². The van der Waals surface area contributed by atoms with Gasteiger partial charge in [0.25, 0.3) is 5.91 Å². The summed E-state index contributed by atoms with van der Waals surface area (Å²) in [4.78, 5) is 16.4. The number of rotatable bonds is 3. The van der Waals surface area contributed by atoms with Gasteiger partial charge in [-0.05, 0) is 42.2 Å². The van der Waals surface area contributed by atoms with Gasteiger partial charge in [-0.2, -0.15) is 0 Å². The van der Waals surface area contributed by atoms with E-state index in [1.807, 2.05) is 0 Å². The molecule has 1 aliphatic rings. The Morgan fingerprint density at radius 2 is 1.86 bits per heavy atom. The van der Waals surface area contributed by atoms with Crippen LogP contribution in [0.3, 0.4) is 0 Å². The van der Waals surface area contributed by atoms with Crippen LogP contribution in [0.2, 0.25) is 0 Å². The number of hydrogen-bond acceptors (Lipinski definition) is 4. The number of anilines is 1. The summed E-state index contributed by atoms with van der Waals surface area (Å²) in [6.45, 7) is 9.08. The third-order valence-electron chi connectivity index (χ3n) is 4.05. The standard InChI is InChI=1S/C16H26N4O/c1-15(2)7-12(8-16(3,4)10-15)19-14(21)13-6-5-11(20-17)9-18-13/h5-6,9,12,20H,7-8,10,17H2,1-4H3,(H,19,21). The number of amides is 1. The second-order valence-corrected chi connectivity index (χ2v) is 7.66. The molecule has 0 saturated heterocycles. The first-order valence-electron chi connectivity index (χ1n) is 7.44. The number of nitrogens with one attached hydrogen (secondary N) is 2. The Labute approximate surface area is 126 Å². The fraction of sp³-hybridized carbons (Fsp3) is 0.625. The zero-order valence-electron chi connectivity index (χ0n) is 13.4. The van der Waals surface area contributed by atoms with Crippen LogP contribution >= 0.6 is 0 Å². The van der Waals surface area contributed by atoms with E-state index in [4.69, 9.17) is 5.84 Å². The molecular formula is C16H26N4O. The molecule has 1 fully saturated rings. The highest BCUT2D eigenvalue weighted by molar-refractivity contribution is 5.92. The van der Waals surface area contributed by atoms with Gasteiger partial charge in [0.1, 0.15) is 5.69 Å². The normalized spacial score (nSPS) is 20.8. The number of nitrogens with two attached hydrogens (primary N) is 1. The molecule has 5 nitrogen and oxygen atoms in total. The third kappa shape index (κ3) is 4.17. The van der Waals surface area contributed by atoms with E-state index in [0.29, 0.717) is 11.4 Å². The lowest BCUT2D eigenvalue weighted by molar-refractivity contribution is 0.0710. The first-order valence-corrected chi connectivity index (χ1v) is 7.44. The number of pyridine rings is 1. The van der Waals surface area contributed by atoms with Crippen molar-refractivity contribution in [1.29, 1.82) is 0 Å². The summed E-state index contributed by atoms with van der Waals surface area (Å²) in [5.74, 6) is 5.18. The Morgan fingerprint density at radius 1 is 1.24 bits per heavy atom. The van der Waals surface area contributed by atoms with Crippen LogP contribution in [0, 0.1) is 10.8 Å². The van der Waals surface area contributed by atoms with Crippen molar-refractivity contribution in [1.82, 2.24) is 10.3 Å². The molecular weight excluding hydrogens is 264 g/mol. The summed E-state index contributed by atoms with van der Waals surface area (Å²) in [6, 6.07) is 3.63. The molecule has 0 atom stereocenters. The fourth-order valence-corrected chi connectivity index (χ4v) is 3.82. The van der Waals surface area contributed by atoms with Crippen LogP contribution in [-0.4, -0.2) is 16.9 Å². The third-order valence-corrected chi connectivity index (χ3v) is 4.05. The van der Waals surface area contributed by atoms with Gasteiger partial charge in [0.2, 0.25) is 0 Å². The van der Waals surface area contributed by atoms with Crippen molar-refractivity contribution >= 4 is 11.6 Å². The molecule has 1 heterocycles.